The van der Waals surface area contributed by atoms with Gasteiger partial charge in [-0.05, 0) is 110 Å². The molecule has 0 aliphatic heterocycles. The van der Waals surface area contributed by atoms with Gasteiger partial charge in [-0.2, -0.15) is 5.10 Å². The minimum absolute atomic E-state index is 0.0644. The lowest BCUT2D eigenvalue weighted by molar-refractivity contribution is -0.0950. The van der Waals surface area contributed by atoms with Crippen molar-refractivity contribution in [1.82, 2.24) is 0 Å². The van der Waals surface area contributed by atoms with E-state index in [1.807, 2.05) is 12.5 Å². The van der Waals surface area contributed by atoms with E-state index < -0.39 is 0 Å². The number of fused-ring (bicyclic) bond motifs is 5. The van der Waals surface area contributed by atoms with E-state index in [0.717, 1.165) is 36.5 Å². The molecule has 4 aliphatic carbocycles. The van der Waals surface area contributed by atoms with Gasteiger partial charge in [-0.25, -0.2) is 0 Å². The van der Waals surface area contributed by atoms with E-state index in [0.29, 0.717) is 16.7 Å². The first-order chi connectivity index (χ1) is 13.9. The lowest BCUT2D eigenvalue weighted by atomic mass is 9.44. The van der Waals surface area contributed by atoms with Gasteiger partial charge in [0.2, 0.25) is 5.96 Å². The average molecular weight is 397 g/mol. The van der Waals surface area contributed by atoms with Crippen LogP contribution in [0.5, 0.6) is 0 Å². The van der Waals surface area contributed by atoms with E-state index >= 15 is 0 Å². The highest BCUT2D eigenvalue weighted by Gasteiger charge is 2.60. The number of hydrogen-bond donors (Lipinski definition) is 2. The topological polar surface area (TPSA) is 89.9 Å². The van der Waals surface area contributed by atoms with Gasteiger partial charge in [-0.1, -0.05) is 13.8 Å². The van der Waals surface area contributed by atoms with E-state index in [1.54, 1.807) is 0 Å². The number of hydrogen-bond acceptors (Lipinski definition) is 3. The molecule has 5 nitrogen and oxygen atoms in total. The maximum Gasteiger partial charge on any atom is 0.211 e. The zero-order valence-electron chi connectivity index (χ0n) is 17.9. The molecule has 5 heteroatoms. The maximum atomic E-state index is 5.48. The third-order valence-electron chi connectivity index (χ3n) is 9.75. The molecular formula is C24H36N4O. The van der Waals surface area contributed by atoms with Crippen LogP contribution < -0.4 is 11.5 Å². The molecule has 7 atom stereocenters. The number of nitrogens with zero attached hydrogens (tertiary/aromatic N) is 2. The fourth-order valence-corrected chi connectivity index (χ4v) is 8.30. The molecular weight excluding hydrogens is 360 g/mol. The molecule has 0 spiro atoms. The monoisotopic (exact) mass is 396 g/mol. The van der Waals surface area contributed by atoms with Gasteiger partial charge in [0, 0.05) is 5.71 Å². The summed E-state index contributed by atoms with van der Waals surface area (Å²) in [5.74, 6) is 4.11. The van der Waals surface area contributed by atoms with Crippen LogP contribution in [0.25, 0.3) is 0 Å². The number of guanidine groups is 1. The van der Waals surface area contributed by atoms with Gasteiger partial charge < -0.3 is 15.9 Å². The van der Waals surface area contributed by atoms with E-state index in [2.05, 4.69) is 30.1 Å². The highest BCUT2D eigenvalue weighted by atomic mass is 16.3. The molecule has 1 aromatic heterocycles. The van der Waals surface area contributed by atoms with Crippen LogP contribution >= 0.6 is 0 Å². The van der Waals surface area contributed by atoms with Gasteiger partial charge >= 0.3 is 0 Å². The zero-order chi connectivity index (χ0) is 20.2. The van der Waals surface area contributed by atoms with E-state index in [1.165, 1.54) is 56.2 Å². The van der Waals surface area contributed by atoms with Crippen LogP contribution in [-0.4, -0.2) is 11.7 Å². The Labute approximate surface area is 174 Å². The molecule has 0 unspecified atom stereocenters. The van der Waals surface area contributed by atoms with Crippen LogP contribution in [0.1, 0.15) is 83.1 Å². The van der Waals surface area contributed by atoms with Crippen molar-refractivity contribution in [3.05, 3.63) is 24.2 Å². The summed E-state index contributed by atoms with van der Waals surface area (Å²) in [6, 6.07) is 2.21. The van der Waals surface area contributed by atoms with E-state index in [4.69, 9.17) is 15.9 Å². The summed E-state index contributed by atoms with van der Waals surface area (Å²) in [5.41, 5.74) is 14.5. The Balaban J connectivity index is 1.37. The first-order valence-electron chi connectivity index (χ1n) is 11.6. The molecule has 1 aromatic rings. The summed E-state index contributed by atoms with van der Waals surface area (Å²) in [4.78, 5) is 0. The quantitative estimate of drug-likeness (QED) is 0.417. The van der Waals surface area contributed by atoms with Gasteiger partial charge in [0.1, 0.15) is 0 Å². The standard InChI is InChI=1S/C24H36N4O/c1-23-10-7-17(27-28-22(25)26)13-16(23)3-4-18-20-6-5-19(15-9-12-29-14-15)24(20,2)11-8-21(18)23/h9,12,14,16,18-21H,3-8,10-11,13H2,1-2H3,(H4,25,26,28)/t16-,18+,19+,20-,21+,23+,24-/m1/s1. The molecule has 158 valence electrons. The fourth-order valence-electron chi connectivity index (χ4n) is 8.30. The van der Waals surface area contributed by atoms with Crippen molar-refractivity contribution < 1.29 is 4.42 Å². The Kier molecular flexibility index (Phi) is 4.56. The summed E-state index contributed by atoms with van der Waals surface area (Å²) in [7, 11) is 0. The first-order valence-corrected chi connectivity index (χ1v) is 11.6. The van der Waals surface area contributed by atoms with Gasteiger partial charge in [0.05, 0.1) is 12.5 Å². The molecule has 1 heterocycles. The number of rotatable bonds is 2. The lowest BCUT2D eigenvalue weighted by Crippen LogP contribution is -2.53. The summed E-state index contributed by atoms with van der Waals surface area (Å²) < 4.78 is 5.45. The number of furan rings is 1. The van der Waals surface area contributed by atoms with Crippen LogP contribution in [0.4, 0.5) is 0 Å². The molecule has 5 rings (SSSR count). The minimum Gasteiger partial charge on any atom is -0.472 e. The van der Waals surface area contributed by atoms with Crippen molar-refractivity contribution in [2.45, 2.75) is 77.6 Å². The van der Waals surface area contributed by atoms with Gasteiger partial charge in [0.15, 0.2) is 0 Å². The first kappa shape index (κ1) is 19.2. The van der Waals surface area contributed by atoms with Crippen molar-refractivity contribution in [3.63, 3.8) is 0 Å². The molecule has 0 aromatic carbocycles. The molecule has 0 radical (unpaired) electrons. The molecule has 4 fully saturated rings. The van der Waals surface area contributed by atoms with Crippen LogP contribution in [-0.2, 0) is 0 Å². The lowest BCUT2D eigenvalue weighted by Gasteiger charge is -2.60. The van der Waals surface area contributed by atoms with Crippen molar-refractivity contribution in [2.75, 3.05) is 0 Å². The fraction of sp³-hybridized carbons (Fsp3) is 0.750. The van der Waals surface area contributed by atoms with Crippen molar-refractivity contribution in [2.24, 2.45) is 56.2 Å². The normalized spacial score (nSPS) is 45.3. The van der Waals surface area contributed by atoms with Gasteiger partial charge in [0.25, 0.3) is 0 Å². The number of nitrogens with two attached hydrogens (primary N) is 2. The Morgan fingerprint density at radius 3 is 2.62 bits per heavy atom. The summed E-state index contributed by atoms with van der Waals surface area (Å²) >= 11 is 0. The largest absolute Gasteiger partial charge is 0.472 e. The predicted molar refractivity (Wildman–Crippen MR) is 116 cm³/mol. The van der Waals surface area contributed by atoms with Crippen molar-refractivity contribution in [1.29, 1.82) is 0 Å². The van der Waals surface area contributed by atoms with Crippen LogP contribution in [0.2, 0.25) is 0 Å². The average Bonchev–Trinajstić information content (AvgIpc) is 3.33. The molecule has 4 saturated carbocycles. The van der Waals surface area contributed by atoms with E-state index in [9.17, 15) is 0 Å². The van der Waals surface area contributed by atoms with Crippen molar-refractivity contribution >= 4 is 11.7 Å². The van der Waals surface area contributed by atoms with Gasteiger partial charge in [-0.3, -0.25) is 0 Å². The second kappa shape index (κ2) is 6.88. The summed E-state index contributed by atoms with van der Waals surface area (Å²) in [6.07, 6.45) is 15.4. The Hall–Kier alpha value is -1.78. The van der Waals surface area contributed by atoms with Crippen LogP contribution in [0, 0.1) is 34.5 Å². The molecule has 4 N–H and O–H groups in total. The smallest absolute Gasteiger partial charge is 0.211 e. The van der Waals surface area contributed by atoms with Crippen LogP contribution in [0.3, 0.4) is 0 Å². The Morgan fingerprint density at radius 1 is 1.03 bits per heavy atom. The molecule has 0 amide bonds. The molecule has 4 aliphatic rings. The highest BCUT2D eigenvalue weighted by Crippen LogP contribution is 2.68. The van der Waals surface area contributed by atoms with Crippen molar-refractivity contribution in [3.8, 4) is 0 Å². The second-order valence-corrected chi connectivity index (χ2v) is 10.8. The molecule has 0 bridgehead atoms. The minimum atomic E-state index is 0.0644. The Bertz CT molecular complexity index is 811. The maximum absolute atomic E-state index is 5.48. The molecule has 29 heavy (non-hydrogen) atoms. The molecule has 0 saturated heterocycles. The third kappa shape index (κ3) is 2.95. The van der Waals surface area contributed by atoms with Gasteiger partial charge in [-0.15, -0.1) is 5.10 Å². The highest BCUT2D eigenvalue weighted by molar-refractivity contribution is 5.86. The summed E-state index contributed by atoms with van der Waals surface area (Å²) in [5, 5.41) is 8.29. The predicted octanol–water partition coefficient (Wildman–Crippen LogP) is 5.04. The third-order valence-corrected chi connectivity index (χ3v) is 9.75. The SMILES string of the molecule is C[C@]12CC[C@H]3[C@@H](CC[C@@H]4CC(=NN=C(N)N)CC[C@@]43C)[C@H]1CC[C@H]2c1ccoc1. The second-order valence-electron chi connectivity index (χ2n) is 10.8. The van der Waals surface area contributed by atoms with Crippen LogP contribution in [0.15, 0.2) is 33.2 Å². The summed E-state index contributed by atoms with van der Waals surface area (Å²) in [6.45, 7) is 5.19. The van der Waals surface area contributed by atoms with E-state index in [-0.39, 0.29) is 5.96 Å². The Morgan fingerprint density at radius 2 is 1.86 bits per heavy atom. The zero-order valence-corrected chi connectivity index (χ0v) is 17.9.